The molecule has 0 atom stereocenters. The molecule has 17 heavy (non-hydrogen) atoms. The Morgan fingerprint density at radius 2 is 2.18 bits per heavy atom. The zero-order valence-electron chi connectivity index (χ0n) is 9.30. The number of hydrogen-bond acceptors (Lipinski definition) is 6. The summed E-state index contributed by atoms with van der Waals surface area (Å²) >= 11 is 0. The molecule has 0 radical (unpaired) electrons. The lowest BCUT2D eigenvalue weighted by Crippen LogP contribution is -2.17. The molecule has 1 amide bonds. The van der Waals surface area contributed by atoms with Crippen LogP contribution < -0.4 is 16.8 Å². The molecule has 5 N–H and O–H groups in total. The van der Waals surface area contributed by atoms with Crippen molar-refractivity contribution in [2.24, 2.45) is 5.73 Å². The average Bonchev–Trinajstić information content (AvgIpc) is 2.18. The number of hydrogen-bond donors (Lipinski definition) is 3. The highest BCUT2D eigenvalue weighted by atomic mass is 32.2. The minimum atomic E-state index is -3.04. The van der Waals surface area contributed by atoms with Gasteiger partial charge in [0.05, 0.1) is 23.2 Å². The van der Waals surface area contributed by atoms with Crippen LogP contribution in [0.4, 0.5) is 11.5 Å². The molecule has 0 aliphatic heterocycles. The first-order valence-corrected chi connectivity index (χ1v) is 6.82. The minimum absolute atomic E-state index is 0.0229. The van der Waals surface area contributed by atoms with Gasteiger partial charge in [0.1, 0.15) is 15.7 Å². The van der Waals surface area contributed by atoms with Gasteiger partial charge in [-0.1, -0.05) is 0 Å². The second-order valence-electron chi connectivity index (χ2n) is 3.58. The molecule has 1 heterocycles. The Morgan fingerprint density at radius 3 is 2.71 bits per heavy atom. The summed E-state index contributed by atoms with van der Waals surface area (Å²) in [6, 6.07) is 1.39. The molecule has 94 valence electrons. The Labute approximate surface area is 99.1 Å². The van der Waals surface area contributed by atoms with Crippen molar-refractivity contribution in [1.29, 1.82) is 0 Å². The van der Waals surface area contributed by atoms with Gasteiger partial charge in [-0.3, -0.25) is 4.79 Å². The third-order valence-corrected chi connectivity index (χ3v) is 2.92. The number of carbonyl (C=O) groups is 1. The second-order valence-corrected chi connectivity index (χ2v) is 5.84. The molecule has 0 saturated heterocycles. The number of rotatable bonds is 5. The summed E-state index contributed by atoms with van der Waals surface area (Å²) < 4.78 is 21.8. The molecule has 0 unspecified atom stereocenters. The highest BCUT2D eigenvalue weighted by Crippen LogP contribution is 2.13. The first-order chi connectivity index (χ1) is 7.79. The van der Waals surface area contributed by atoms with Crippen LogP contribution in [0.25, 0.3) is 0 Å². The van der Waals surface area contributed by atoms with Gasteiger partial charge in [-0.05, 0) is 6.07 Å². The lowest BCUT2D eigenvalue weighted by Gasteiger charge is -2.07. The first-order valence-electron chi connectivity index (χ1n) is 4.76. The van der Waals surface area contributed by atoms with Gasteiger partial charge < -0.3 is 16.8 Å². The van der Waals surface area contributed by atoms with Crippen molar-refractivity contribution in [3.05, 3.63) is 17.8 Å². The van der Waals surface area contributed by atoms with Crippen LogP contribution in [0, 0.1) is 0 Å². The van der Waals surface area contributed by atoms with Crippen molar-refractivity contribution < 1.29 is 13.2 Å². The fraction of sp³-hybridized carbons (Fsp3) is 0.333. The SMILES string of the molecule is CS(=O)(=O)CCNc1cc(C(N)=O)c(N)cn1. The monoisotopic (exact) mass is 258 g/mol. The van der Waals surface area contributed by atoms with Crippen molar-refractivity contribution >= 4 is 27.2 Å². The molecule has 0 aliphatic rings. The van der Waals surface area contributed by atoms with Crippen LogP contribution in [-0.2, 0) is 9.84 Å². The van der Waals surface area contributed by atoms with Crippen LogP contribution in [-0.4, -0.2) is 37.9 Å². The lowest BCUT2D eigenvalue weighted by atomic mass is 10.2. The molecular formula is C9H14N4O3S. The van der Waals surface area contributed by atoms with Crippen molar-refractivity contribution in [3.8, 4) is 0 Å². The van der Waals surface area contributed by atoms with Crippen molar-refractivity contribution in [2.75, 3.05) is 29.6 Å². The number of nitrogen functional groups attached to an aromatic ring is 1. The van der Waals surface area contributed by atoms with Gasteiger partial charge in [0, 0.05) is 12.8 Å². The maximum atomic E-state index is 11.0. The molecule has 0 spiro atoms. The van der Waals surface area contributed by atoms with E-state index in [1.54, 1.807) is 0 Å². The van der Waals surface area contributed by atoms with E-state index >= 15 is 0 Å². The van der Waals surface area contributed by atoms with E-state index in [-0.39, 0.29) is 23.5 Å². The van der Waals surface area contributed by atoms with E-state index in [1.807, 2.05) is 0 Å². The molecule has 0 fully saturated rings. The van der Waals surface area contributed by atoms with E-state index in [0.29, 0.717) is 5.82 Å². The third kappa shape index (κ3) is 4.27. The number of carbonyl (C=O) groups excluding carboxylic acids is 1. The molecule has 0 saturated carbocycles. The number of pyridine rings is 1. The van der Waals surface area contributed by atoms with Gasteiger partial charge in [0.25, 0.3) is 5.91 Å². The summed E-state index contributed by atoms with van der Waals surface area (Å²) in [5.41, 5.74) is 11.0. The molecule has 0 bridgehead atoms. The molecule has 0 aliphatic carbocycles. The number of sulfone groups is 1. The number of nitrogens with zero attached hydrogens (tertiary/aromatic N) is 1. The molecule has 0 aromatic carbocycles. The van der Waals surface area contributed by atoms with E-state index < -0.39 is 15.7 Å². The van der Waals surface area contributed by atoms with Gasteiger partial charge >= 0.3 is 0 Å². The number of aromatic nitrogens is 1. The minimum Gasteiger partial charge on any atom is -0.397 e. The van der Waals surface area contributed by atoms with Gasteiger partial charge in [0.15, 0.2) is 0 Å². The third-order valence-electron chi connectivity index (χ3n) is 1.98. The molecule has 1 aromatic rings. The Kier molecular flexibility index (Phi) is 3.89. The van der Waals surface area contributed by atoms with Crippen LogP contribution in [0.15, 0.2) is 12.3 Å². The highest BCUT2D eigenvalue weighted by molar-refractivity contribution is 7.90. The normalized spacial score (nSPS) is 11.1. The van der Waals surface area contributed by atoms with Crippen LogP contribution in [0.2, 0.25) is 0 Å². The maximum Gasteiger partial charge on any atom is 0.250 e. The zero-order valence-corrected chi connectivity index (χ0v) is 10.1. The number of anilines is 2. The molecule has 1 aromatic heterocycles. The van der Waals surface area contributed by atoms with Crippen LogP contribution >= 0.6 is 0 Å². The summed E-state index contributed by atoms with van der Waals surface area (Å²) in [7, 11) is -3.04. The summed E-state index contributed by atoms with van der Waals surface area (Å²) in [6.45, 7) is 0.202. The molecular weight excluding hydrogens is 244 g/mol. The van der Waals surface area contributed by atoms with E-state index in [4.69, 9.17) is 11.5 Å². The van der Waals surface area contributed by atoms with Gasteiger partial charge in [0.2, 0.25) is 0 Å². The zero-order chi connectivity index (χ0) is 13.1. The Bertz CT molecular complexity index is 527. The van der Waals surface area contributed by atoms with Gasteiger partial charge in [-0.15, -0.1) is 0 Å². The summed E-state index contributed by atoms with van der Waals surface area (Å²) in [6.07, 6.45) is 2.43. The predicted octanol–water partition coefficient (Wildman–Crippen LogP) is -0.781. The van der Waals surface area contributed by atoms with E-state index in [2.05, 4.69) is 10.3 Å². The second kappa shape index (κ2) is 5.00. The van der Waals surface area contributed by atoms with Crippen molar-refractivity contribution in [3.63, 3.8) is 0 Å². The van der Waals surface area contributed by atoms with Crippen molar-refractivity contribution in [1.82, 2.24) is 4.98 Å². The maximum absolute atomic E-state index is 11.0. The first kappa shape index (κ1) is 13.2. The Balaban J connectivity index is 2.73. The molecule has 1 rings (SSSR count). The smallest absolute Gasteiger partial charge is 0.250 e. The Hall–Kier alpha value is -1.83. The summed E-state index contributed by atoms with van der Waals surface area (Å²) in [5.74, 6) is -0.321. The largest absolute Gasteiger partial charge is 0.397 e. The fourth-order valence-corrected chi connectivity index (χ4v) is 1.61. The lowest BCUT2D eigenvalue weighted by molar-refractivity contribution is 0.100. The van der Waals surface area contributed by atoms with Crippen LogP contribution in [0.1, 0.15) is 10.4 Å². The predicted molar refractivity (Wildman–Crippen MR) is 65.4 cm³/mol. The highest BCUT2D eigenvalue weighted by Gasteiger charge is 2.08. The summed E-state index contributed by atoms with van der Waals surface area (Å²) in [5, 5.41) is 2.77. The van der Waals surface area contributed by atoms with Crippen LogP contribution in [0.3, 0.4) is 0 Å². The van der Waals surface area contributed by atoms with Crippen molar-refractivity contribution in [2.45, 2.75) is 0 Å². The fourth-order valence-electron chi connectivity index (χ4n) is 1.14. The van der Waals surface area contributed by atoms with Crippen LogP contribution in [0.5, 0.6) is 0 Å². The standard InChI is InChI=1S/C9H14N4O3S/c1-17(15,16)3-2-12-8-4-6(9(11)14)7(10)5-13-8/h4-5H,2-3,10H2,1H3,(H2,11,14)(H,12,13). The Morgan fingerprint density at radius 1 is 1.53 bits per heavy atom. The number of nitrogens with one attached hydrogen (secondary N) is 1. The molecule has 7 nitrogen and oxygen atoms in total. The quantitative estimate of drug-likeness (QED) is 0.635. The average molecular weight is 258 g/mol. The summed E-state index contributed by atoms with van der Waals surface area (Å²) in [4.78, 5) is 14.9. The van der Waals surface area contributed by atoms with E-state index in [0.717, 1.165) is 6.26 Å². The molecule has 8 heteroatoms. The number of primary amides is 1. The van der Waals surface area contributed by atoms with Gasteiger partial charge in [-0.25, -0.2) is 13.4 Å². The van der Waals surface area contributed by atoms with E-state index in [1.165, 1.54) is 12.3 Å². The number of nitrogens with two attached hydrogens (primary N) is 2. The topological polar surface area (TPSA) is 128 Å². The van der Waals surface area contributed by atoms with Gasteiger partial charge in [-0.2, -0.15) is 0 Å². The number of amides is 1. The van der Waals surface area contributed by atoms with E-state index in [9.17, 15) is 13.2 Å².